The van der Waals surface area contributed by atoms with Gasteiger partial charge in [0.05, 0.1) is 6.61 Å². The van der Waals surface area contributed by atoms with E-state index in [1.807, 2.05) is 24.3 Å². The van der Waals surface area contributed by atoms with E-state index in [9.17, 15) is 0 Å². The molecule has 1 heterocycles. The van der Waals surface area contributed by atoms with Crippen molar-refractivity contribution >= 4 is 0 Å². The SMILES string of the molecule is c1ccc2c(c1)COCO2. The molecular formula is C8H8O2. The molecule has 0 saturated carbocycles. The molecule has 0 fully saturated rings. The number of benzene rings is 1. The lowest BCUT2D eigenvalue weighted by molar-refractivity contribution is -0.0163. The Kier molecular flexibility index (Phi) is 1.32. The Balaban J connectivity index is 2.41. The summed E-state index contributed by atoms with van der Waals surface area (Å²) in [5.74, 6) is 0.953. The van der Waals surface area contributed by atoms with Crippen molar-refractivity contribution in [2.75, 3.05) is 6.79 Å². The maximum absolute atomic E-state index is 5.20. The van der Waals surface area contributed by atoms with Gasteiger partial charge in [0.15, 0.2) is 6.79 Å². The fourth-order valence-corrected chi connectivity index (χ4v) is 1.02. The molecule has 0 unspecified atom stereocenters. The van der Waals surface area contributed by atoms with Gasteiger partial charge in [-0.25, -0.2) is 0 Å². The van der Waals surface area contributed by atoms with Crippen LogP contribution in [0.15, 0.2) is 24.3 Å². The van der Waals surface area contributed by atoms with Gasteiger partial charge in [-0.1, -0.05) is 18.2 Å². The van der Waals surface area contributed by atoms with Crippen molar-refractivity contribution in [3.63, 3.8) is 0 Å². The molecule has 1 aliphatic rings. The second kappa shape index (κ2) is 2.31. The van der Waals surface area contributed by atoms with Gasteiger partial charge in [-0.05, 0) is 6.07 Å². The van der Waals surface area contributed by atoms with E-state index >= 15 is 0 Å². The van der Waals surface area contributed by atoms with Gasteiger partial charge in [-0.2, -0.15) is 0 Å². The van der Waals surface area contributed by atoms with Crippen molar-refractivity contribution < 1.29 is 9.47 Å². The Labute approximate surface area is 59.4 Å². The van der Waals surface area contributed by atoms with Gasteiger partial charge < -0.3 is 9.47 Å². The van der Waals surface area contributed by atoms with Crippen molar-refractivity contribution in [1.82, 2.24) is 0 Å². The van der Waals surface area contributed by atoms with Gasteiger partial charge in [0, 0.05) is 5.56 Å². The summed E-state index contributed by atoms with van der Waals surface area (Å²) >= 11 is 0. The first kappa shape index (κ1) is 5.74. The predicted molar refractivity (Wildman–Crippen MR) is 36.7 cm³/mol. The molecule has 0 radical (unpaired) electrons. The molecule has 1 aromatic rings. The minimum atomic E-state index is 0.386. The van der Waals surface area contributed by atoms with E-state index in [0.29, 0.717) is 13.4 Å². The van der Waals surface area contributed by atoms with E-state index < -0.39 is 0 Å². The summed E-state index contributed by atoms with van der Waals surface area (Å²) in [5.41, 5.74) is 1.13. The fourth-order valence-electron chi connectivity index (χ4n) is 1.02. The standard InChI is InChI=1S/C8H8O2/c1-2-4-8-7(3-1)5-9-6-10-8/h1-4H,5-6H2. The van der Waals surface area contributed by atoms with E-state index in [-0.39, 0.29) is 0 Å². The average molecular weight is 136 g/mol. The van der Waals surface area contributed by atoms with Crippen molar-refractivity contribution in [3.8, 4) is 5.75 Å². The zero-order chi connectivity index (χ0) is 6.81. The normalized spacial score (nSPS) is 15.6. The van der Waals surface area contributed by atoms with Crippen LogP contribution < -0.4 is 4.74 Å². The summed E-state index contributed by atoms with van der Waals surface area (Å²) in [6.45, 7) is 1.06. The average Bonchev–Trinajstić information content (AvgIpc) is 2.05. The first-order valence-corrected chi connectivity index (χ1v) is 3.25. The summed E-state index contributed by atoms with van der Waals surface area (Å²) in [5, 5.41) is 0. The van der Waals surface area contributed by atoms with E-state index in [4.69, 9.17) is 9.47 Å². The van der Waals surface area contributed by atoms with Crippen molar-refractivity contribution in [3.05, 3.63) is 29.8 Å². The third kappa shape index (κ3) is 0.866. The van der Waals surface area contributed by atoms with Crippen molar-refractivity contribution in [2.45, 2.75) is 6.61 Å². The third-order valence-electron chi connectivity index (χ3n) is 1.53. The lowest BCUT2D eigenvalue weighted by Gasteiger charge is -2.16. The summed E-state index contributed by atoms with van der Waals surface area (Å²) in [6.07, 6.45) is 0. The molecule has 2 heteroatoms. The van der Waals surface area contributed by atoms with Gasteiger partial charge in [-0.3, -0.25) is 0 Å². The molecule has 0 aromatic heterocycles. The maximum atomic E-state index is 5.20. The molecule has 52 valence electrons. The van der Waals surface area contributed by atoms with Crippen LogP contribution in [0.25, 0.3) is 0 Å². The molecular weight excluding hydrogens is 128 g/mol. The lowest BCUT2D eigenvalue weighted by Crippen LogP contribution is -2.10. The molecule has 0 aliphatic carbocycles. The van der Waals surface area contributed by atoms with Crippen LogP contribution >= 0.6 is 0 Å². The highest BCUT2D eigenvalue weighted by Crippen LogP contribution is 2.21. The smallest absolute Gasteiger partial charge is 0.189 e. The largest absolute Gasteiger partial charge is 0.467 e. The van der Waals surface area contributed by atoms with Gasteiger partial charge in [0.1, 0.15) is 5.75 Å². The fraction of sp³-hybridized carbons (Fsp3) is 0.250. The van der Waals surface area contributed by atoms with E-state index in [1.54, 1.807) is 0 Å². The number of rotatable bonds is 0. The Morgan fingerprint density at radius 3 is 3.00 bits per heavy atom. The topological polar surface area (TPSA) is 18.5 Å². The molecule has 2 rings (SSSR count). The Bertz CT molecular complexity index is 207. The van der Waals surface area contributed by atoms with Gasteiger partial charge in [0.2, 0.25) is 0 Å². The molecule has 0 bridgehead atoms. The summed E-state index contributed by atoms with van der Waals surface area (Å²) in [6, 6.07) is 7.91. The predicted octanol–water partition coefficient (Wildman–Crippen LogP) is 1.55. The Morgan fingerprint density at radius 2 is 2.10 bits per heavy atom. The molecule has 0 saturated heterocycles. The molecule has 0 N–H and O–H groups in total. The highest BCUT2D eigenvalue weighted by molar-refractivity contribution is 5.33. The highest BCUT2D eigenvalue weighted by atomic mass is 16.7. The number of hydrogen-bond acceptors (Lipinski definition) is 2. The van der Waals surface area contributed by atoms with E-state index in [1.165, 1.54) is 0 Å². The van der Waals surface area contributed by atoms with Crippen LogP contribution in [0.3, 0.4) is 0 Å². The summed E-state index contributed by atoms with van der Waals surface area (Å²) < 4.78 is 10.3. The number of fused-ring (bicyclic) bond motifs is 1. The Morgan fingerprint density at radius 1 is 1.20 bits per heavy atom. The van der Waals surface area contributed by atoms with Crippen LogP contribution in [-0.4, -0.2) is 6.79 Å². The van der Waals surface area contributed by atoms with E-state index in [2.05, 4.69) is 0 Å². The van der Waals surface area contributed by atoms with Crippen LogP contribution in [0.5, 0.6) is 5.75 Å². The van der Waals surface area contributed by atoms with E-state index in [0.717, 1.165) is 11.3 Å². The summed E-state index contributed by atoms with van der Waals surface area (Å²) in [7, 11) is 0. The van der Waals surface area contributed by atoms with Crippen molar-refractivity contribution in [1.29, 1.82) is 0 Å². The molecule has 0 spiro atoms. The summed E-state index contributed by atoms with van der Waals surface area (Å²) in [4.78, 5) is 0. The quantitative estimate of drug-likeness (QED) is 0.538. The monoisotopic (exact) mass is 136 g/mol. The molecule has 0 atom stereocenters. The zero-order valence-corrected chi connectivity index (χ0v) is 5.54. The van der Waals surface area contributed by atoms with Crippen LogP contribution in [0.4, 0.5) is 0 Å². The second-order valence-corrected chi connectivity index (χ2v) is 2.22. The molecule has 10 heavy (non-hydrogen) atoms. The first-order chi connectivity index (χ1) is 4.97. The maximum Gasteiger partial charge on any atom is 0.189 e. The highest BCUT2D eigenvalue weighted by Gasteiger charge is 2.07. The van der Waals surface area contributed by atoms with Crippen molar-refractivity contribution in [2.24, 2.45) is 0 Å². The minimum Gasteiger partial charge on any atom is -0.467 e. The van der Waals surface area contributed by atoms with Gasteiger partial charge in [0.25, 0.3) is 0 Å². The van der Waals surface area contributed by atoms with Crippen LogP contribution in [0.2, 0.25) is 0 Å². The van der Waals surface area contributed by atoms with Crippen LogP contribution in [0.1, 0.15) is 5.56 Å². The second-order valence-electron chi connectivity index (χ2n) is 2.22. The third-order valence-corrected chi connectivity index (χ3v) is 1.53. The van der Waals surface area contributed by atoms with Gasteiger partial charge >= 0.3 is 0 Å². The first-order valence-electron chi connectivity index (χ1n) is 3.25. The molecule has 1 aliphatic heterocycles. The zero-order valence-electron chi connectivity index (χ0n) is 5.54. The molecule has 2 nitrogen and oxygen atoms in total. The minimum absolute atomic E-state index is 0.386. The number of ether oxygens (including phenoxy) is 2. The molecule has 0 amide bonds. The van der Waals surface area contributed by atoms with Gasteiger partial charge in [-0.15, -0.1) is 0 Å². The number of para-hydroxylation sites is 1. The number of hydrogen-bond donors (Lipinski definition) is 0. The van der Waals surface area contributed by atoms with Crippen LogP contribution in [-0.2, 0) is 11.3 Å². The lowest BCUT2D eigenvalue weighted by atomic mass is 10.2. The van der Waals surface area contributed by atoms with Crippen LogP contribution in [0, 0.1) is 0 Å². The molecule has 1 aromatic carbocycles. The Hall–Kier alpha value is -1.02.